The van der Waals surface area contributed by atoms with Crippen molar-refractivity contribution in [3.8, 4) is 0 Å². The Balaban J connectivity index is 0.000000720. The highest BCUT2D eigenvalue weighted by atomic mass is 79.9. The zero-order chi connectivity index (χ0) is 7.68. The number of nitrogens with one attached hydrogen (secondary N) is 1. The molecular formula is C9H8BrNO. The minimum atomic E-state index is -0.0249. The maximum atomic E-state index is 11.1. The molecular weight excluding hydrogens is 218 g/mol. The summed E-state index contributed by atoms with van der Waals surface area (Å²) in [5.41, 5.74) is -0.0249. The molecule has 0 amide bonds. The third kappa shape index (κ3) is 1.41. The Kier molecular flexibility index (Phi) is 2.65. The number of hydrogen-bond acceptors (Lipinski definition) is 1. The molecule has 0 aliphatic carbocycles. The normalized spacial score (nSPS) is 9.33. The fourth-order valence-corrected chi connectivity index (χ4v) is 1.13. The number of hydrogen-bond donors (Lipinski definition) is 1. The van der Waals surface area contributed by atoms with E-state index >= 15 is 0 Å². The van der Waals surface area contributed by atoms with Crippen LogP contribution in [0.1, 0.15) is 0 Å². The van der Waals surface area contributed by atoms with Crippen LogP contribution in [0.25, 0.3) is 10.8 Å². The van der Waals surface area contributed by atoms with Crippen molar-refractivity contribution in [2.75, 3.05) is 0 Å². The largest absolute Gasteiger partial charge is 0.329 e. The van der Waals surface area contributed by atoms with Gasteiger partial charge in [0.1, 0.15) is 0 Å². The molecule has 1 N–H and O–H groups in total. The van der Waals surface area contributed by atoms with Crippen molar-refractivity contribution < 1.29 is 0 Å². The molecule has 1 aromatic carbocycles. The lowest BCUT2D eigenvalue weighted by Crippen LogP contribution is -2.03. The summed E-state index contributed by atoms with van der Waals surface area (Å²) in [6, 6.07) is 9.40. The minimum absolute atomic E-state index is 0. The van der Waals surface area contributed by atoms with Crippen LogP contribution in [0.15, 0.2) is 41.3 Å². The van der Waals surface area contributed by atoms with E-state index in [0.717, 1.165) is 10.8 Å². The van der Waals surface area contributed by atoms with E-state index in [0.29, 0.717) is 0 Å². The zero-order valence-corrected chi connectivity index (χ0v) is 7.99. The number of rotatable bonds is 0. The van der Waals surface area contributed by atoms with Gasteiger partial charge in [-0.25, -0.2) is 0 Å². The third-order valence-corrected chi connectivity index (χ3v) is 1.68. The highest BCUT2D eigenvalue weighted by Crippen LogP contribution is 2.05. The first-order valence-corrected chi connectivity index (χ1v) is 3.44. The Bertz CT molecular complexity index is 430. The summed E-state index contributed by atoms with van der Waals surface area (Å²) in [4.78, 5) is 13.7. The first-order valence-electron chi connectivity index (χ1n) is 3.44. The second kappa shape index (κ2) is 3.54. The Morgan fingerprint density at radius 2 is 1.83 bits per heavy atom. The summed E-state index contributed by atoms with van der Waals surface area (Å²) in [5.74, 6) is 0. The smallest absolute Gasteiger partial charge is 0.255 e. The molecule has 0 aliphatic heterocycles. The van der Waals surface area contributed by atoms with E-state index in [-0.39, 0.29) is 22.5 Å². The first kappa shape index (κ1) is 9.00. The molecule has 0 fully saturated rings. The molecule has 2 nitrogen and oxygen atoms in total. The van der Waals surface area contributed by atoms with Gasteiger partial charge in [0.05, 0.1) is 0 Å². The summed E-state index contributed by atoms with van der Waals surface area (Å²) in [7, 11) is 0. The Morgan fingerprint density at radius 3 is 2.58 bits per heavy atom. The Hall–Kier alpha value is -1.09. The van der Waals surface area contributed by atoms with Crippen molar-refractivity contribution in [2.45, 2.75) is 0 Å². The van der Waals surface area contributed by atoms with E-state index in [4.69, 9.17) is 0 Å². The van der Waals surface area contributed by atoms with Crippen LogP contribution in [0, 0.1) is 0 Å². The predicted molar refractivity (Wildman–Crippen MR) is 54.9 cm³/mol. The van der Waals surface area contributed by atoms with E-state index < -0.39 is 0 Å². The lowest BCUT2D eigenvalue weighted by Gasteiger charge is -1.92. The zero-order valence-electron chi connectivity index (χ0n) is 6.28. The van der Waals surface area contributed by atoms with Crippen LogP contribution in [0.4, 0.5) is 0 Å². The van der Waals surface area contributed by atoms with E-state index in [1.54, 1.807) is 6.20 Å². The molecule has 12 heavy (non-hydrogen) atoms. The molecule has 1 heterocycles. The van der Waals surface area contributed by atoms with Gasteiger partial charge in [-0.15, -0.1) is 17.0 Å². The number of aromatic nitrogens is 1. The number of H-pyrrole nitrogens is 1. The van der Waals surface area contributed by atoms with Gasteiger partial charge in [0.15, 0.2) is 0 Å². The van der Waals surface area contributed by atoms with Crippen LogP contribution < -0.4 is 5.56 Å². The molecule has 0 saturated heterocycles. The molecule has 0 aliphatic rings. The van der Waals surface area contributed by atoms with Crippen molar-refractivity contribution in [2.24, 2.45) is 0 Å². The van der Waals surface area contributed by atoms with Crippen molar-refractivity contribution >= 4 is 27.8 Å². The molecule has 0 radical (unpaired) electrons. The number of pyridine rings is 1. The molecule has 0 saturated carbocycles. The van der Waals surface area contributed by atoms with Gasteiger partial charge in [-0.2, -0.15) is 0 Å². The van der Waals surface area contributed by atoms with Gasteiger partial charge in [0.25, 0.3) is 5.56 Å². The Morgan fingerprint density at radius 1 is 1.08 bits per heavy atom. The Labute approximate surface area is 80.0 Å². The van der Waals surface area contributed by atoms with Gasteiger partial charge in [0.2, 0.25) is 0 Å². The standard InChI is InChI=1S/C9H7NO.BrH/c11-9-8-4-2-1-3-7(8)5-6-10-9;/h1-6H,(H,10,11);1H. The molecule has 62 valence electrons. The summed E-state index contributed by atoms with van der Waals surface area (Å²) in [6.07, 6.45) is 1.66. The molecule has 2 rings (SSSR count). The van der Waals surface area contributed by atoms with Crippen molar-refractivity contribution in [3.63, 3.8) is 0 Å². The number of halogens is 1. The summed E-state index contributed by atoms with van der Waals surface area (Å²) < 4.78 is 0. The van der Waals surface area contributed by atoms with Crippen LogP contribution in [-0.2, 0) is 0 Å². The van der Waals surface area contributed by atoms with Crippen LogP contribution in [0.3, 0.4) is 0 Å². The second-order valence-electron chi connectivity index (χ2n) is 2.39. The fraction of sp³-hybridized carbons (Fsp3) is 0. The molecule has 0 spiro atoms. The molecule has 0 bridgehead atoms. The minimum Gasteiger partial charge on any atom is -0.329 e. The van der Waals surface area contributed by atoms with E-state index in [2.05, 4.69) is 4.98 Å². The van der Waals surface area contributed by atoms with Crippen LogP contribution in [0.5, 0.6) is 0 Å². The van der Waals surface area contributed by atoms with Crippen molar-refractivity contribution in [3.05, 3.63) is 46.9 Å². The first-order chi connectivity index (χ1) is 5.38. The predicted octanol–water partition coefficient (Wildman–Crippen LogP) is 2.11. The summed E-state index contributed by atoms with van der Waals surface area (Å²) in [5, 5.41) is 1.73. The fourth-order valence-electron chi connectivity index (χ4n) is 1.13. The second-order valence-corrected chi connectivity index (χ2v) is 2.39. The SMILES string of the molecule is Br.O=c1[nH]ccc2ccccc12. The average Bonchev–Trinajstić information content (AvgIpc) is 2.06. The van der Waals surface area contributed by atoms with Gasteiger partial charge in [-0.05, 0) is 17.5 Å². The lowest BCUT2D eigenvalue weighted by molar-refractivity contribution is 1.28. The maximum Gasteiger partial charge on any atom is 0.255 e. The quantitative estimate of drug-likeness (QED) is 0.733. The molecule has 1 aromatic heterocycles. The number of fused-ring (bicyclic) bond motifs is 1. The highest BCUT2D eigenvalue weighted by molar-refractivity contribution is 8.93. The van der Waals surface area contributed by atoms with Crippen LogP contribution >= 0.6 is 17.0 Å². The molecule has 3 heteroatoms. The molecule has 2 aromatic rings. The summed E-state index contributed by atoms with van der Waals surface area (Å²) >= 11 is 0. The van der Waals surface area contributed by atoms with Crippen molar-refractivity contribution in [1.82, 2.24) is 4.98 Å². The lowest BCUT2D eigenvalue weighted by atomic mass is 10.2. The monoisotopic (exact) mass is 225 g/mol. The van der Waals surface area contributed by atoms with Gasteiger partial charge in [0, 0.05) is 11.6 Å². The maximum absolute atomic E-state index is 11.1. The van der Waals surface area contributed by atoms with Gasteiger partial charge < -0.3 is 4.98 Å². The topological polar surface area (TPSA) is 32.9 Å². The number of aromatic amines is 1. The van der Waals surface area contributed by atoms with E-state index in [1.807, 2.05) is 30.3 Å². The van der Waals surface area contributed by atoms with Crippen LogP contribution in [0.2, 0.25) is 0 Å². The highest BCUT2D eigenvalue weighted by Gasteiger charge is 1.92. The van der Waals surface area contributed by atoms with Gasteiger partial charge in [-0.1, -0.05) is 18.2 Å². The third-order valence-electron chi connectivity index (χ3n) is 1.68. The molecule has 0 atom stereocenters. The van der Waals surface area contributed by atoms with Crippen molar-refractivity contribution in [1.29, 1.82) is 0 Å². The van der Waals surface area contributed by atoms with Crippen LogP contribution in [-0.4, -0.2) is 4.98 Å². The summed E-state index contributed by atoms with van der Waals surface area (Å²) in [6.45, 7) is 0. The number of benzene rings is 1. The van der Waals surface area contributed by atoms with Gasteiger partial charge >= 0.3 is 0 Å². The van der Waals surface area contributed by atoms with Gasteiger partial charge in [-0.3, -0.25) is 4.79 Å². The van der Waals surface area contributed by atoms with E-state index in [9.17, 15) is 4.79 Å². The van der Waals surface area contributed by atoms with E-state index in [1.165, 1.54) is 0 Å². The average molecular weight is 226 g/mol. The molecule has 0 unspecified atom stereocenters.